The lowest BCUT2D eigenvalue weighted by Gasteiger charge is -2.21. The minimum absolute atomic E-state index is 0. The van der Waals surface area contributed by atoms with Crippen LogP contribution in [0.2, 0.25) is 0 Å². The Bertz CT molecular complexity index is 642. The number of thiophene rings is 1. The third-order valence-corrected chi connectivity index (χ3v) is 5.23. The first-order valence-corrected chi connectivity index (χ1v) is 7.72. The van der Waals surface area contributed by atoms with Crippen LogP contribution >= 0.6 is 23.7 Å². The summed E-state index contributed by atoms with van der Waals surface area (Å²) in [7, 11) is 0. The van der Waals surface area contributed by atoms with Gasteiger partial charge in [0.25, 0.3) is 5.91 Å². The number of benzene rings is 1. The summed E-state index contributed by atoms with van der Waals surface area (Å²) in [6.07, 6.45) is 3.54. The summed E-state index contributed by atoms with van der Waals surface area (Å²) in [5.74, 6) is 0.0625. The molecule has 1 aromatic heterocycles. The molecule has 2 fully saturated rings. The minimum Gasteiger partial charge on any atom is -0.348 e. The number of halogens is 1. The van der Waals surface area contributed by atoms with Gasteiger partial charge in [-0.25, -0.2) is 0 Å². The highest BCUT2D eigenvalue weighted by Crippen LogP contribution is 2.28. The Hall–Kier alpha value is -1.10. The fourth-order valence-electron chi connectivity index (χ4n) is 3.34. The molecule has 2 N–H and O–H groups in total. The largest absolute Gasteiger partial charge is 0.348 e. The van der Waals surface area contributed by atoms with Crippen molar-refractivity contribution in [3.63, 3.8) is 0 Å². The summed E-state index contributed by atoms with van der Waals surface area (Å²) in [6, 6.07) is 9.43. The van der Waals surface area contributed by atoms with Gasteiger partial charge in [-0.15, -0.1) is 23.7 Å². The van der Waals surface area contributed by atoms with Crippen LogP contribution in [0.1, 0.15) is 29.6 Å². The number of carbonyl (C=O) groups excluding carboxylic acids is 1. The van der Waals surface area contributed by atoms with E-state index in [1.165, 1.54) is 17.5 Å². The van der Waals surface area contributed by atoms with Crippen molar-refractivity contribution in [1.29, 1.82) is 0 Å². The number of hydrogen-bond acceptors (Lipinski definition) is 3. The van der Waals surface area contributed by atoms with Crippen molar-refractivity contribution < 1.29 is 4.79 Å². The molecule has 2 aliphatic rings. The minimum atomic E-state index is 0. The first-order chi connectivity index (χ1) is 9.29. The molecule has 2 saturated heterocycles. The first kappa shape index (κ1) is 13.9. The predicted molar refractivity (Wildman–Crippen MR) is 84.9 cm³/mol. The number of carbonyl (C=O) groups is 1. The maximum absolute atomic E-state index is 12.3. The van der Waals surface area contributed by atoms with Crippen molar-refractivity contribution >= 4 is 39.7 Å². The predicted octanol–water partition coefficient (Wildman–Crippen LogP) is 2.95. The molecule has 1 aromatic carbocycles. The average Bonchev–Trinajstić information content (AvgIpc) is 3.13. The smallest absolute Gasteiger partial charge is 0.251 e. The van der Waals surface area contributed by atoms with Crippen molar-refractivity contribution in [2.24, 2.45) is 0 Å². The second kappa shape index (κ2) is 5.35. The molecule has 3 atom stereocenters. The molecule has 106 valence electrons. The fraction of sp³-hybridized carbons (Fsp3) is 0.400. The van der Waals surface area contributed by atoms with Gasteiger partial charge in [0.15, 0.2) is 0 Å². The first-order valence-electron chi connectivity index (χ1n) is 6.84. The zero-order chi connectivity index (χ0) is 12.8. The molecule has 2 bridgehead atoms. The molecule has 0 spiro atoms. The van der Waals surface area contributed by atoms with E-state index in [0.717, 1.165) is 17.4 Å². The van der Waals surface area contributed by atoms with Crippen LogP contribution in [0.4, 0.5) is 0 Å². The van der Waals surface area contributed by atoms with E-state index < -0.39 is 0 Å². The molecule has 2 aliphatic heterocycles. The van der Waals surface area contributed by atoms with Crippen LogP contribution in [0, 0.1) is 0 Å². The van der Waals surface area contributed by atoms with Crippen molar-refractivity contribution in [2.45, 2.75) is 37.4 Å². The van der Waals surface area contributed by atoms with Gasteiger partial charge in [0.1, 0.15) is 0 Å². The third kappa shape index (κ3) is 2.32. The van der Waals surface area contributed by atoms with E-state index in [1.54, 1.807) is 11.3 Å². The van der Waals surface area contributed by atoms with Gasteiger partial charge in [0.2, 0.25) is 0 Å². The highest BCUT2D eigenvalue weighted by atomic mass is 35.5. The SMILES string of the molecule is Cl.O=C(N[C@@H]1C[C@H]2CC[C@@H]1N2)c1ccc2sccc2c1. The van der Waals surface area contributed by atoms with Gasteiger partial charge in [-0.3, -0.25) is 4.79 Å². The molecule has 0 unspecified atom stereocenters. The molecule has 3 nitrogen and oxygen atoms in total. The van der Waals surface area contributed by atoms with Gasteiger partial charge in [-0.2, -0.15) is 0 Å². The molecule has 4 rings (SSSR count). The number of amides is 1. The van der Waals surface area contributed by atoms with E-state index in [1.807, 2.05) is 18.2 Å². The average molecular weight is 309 g/mol. The molecule has 5 heteroatoms. The van der Waals surface area contributed by atoms with Crippen LogP contribution in [0.5, 0.6) is 0 Å². The Labute approximate surface area is 128 Å². The molecule has 3 heterocycles. The Balaban J connectivity index is 0.00000121. The zero-order valence-corrected chi connectivity index (χ0v) is 12.6. The Morgan fingerprint density at radius 2 is 2.20 bits per heavy atom. The van der Waals surface area contributed by atoms with Crippen molar-refractivity contribution in [2.75, 3.05) is 0 Å². The lowest BCUT2D eigenvalue weighted by molar-refractivity contribution is 0.0931. The van der Waals surface area contributed by atoms with Crippen molar-refractivity contribution in [3.05, 3.63) is 35.2 Å². The van der Waals surface area contributed by atoms with Gasteiger partial charge >= 0.3 is 0 Å². The van der Waals surface area contributed by atoms with E-state index in [-0.39, 0.29) is 18.3 Å². The second-order valence-corrected chi connectivity index (χ2v) is 6.48. The second-order valence-electron chi connectivity index (χ2n) is 5.54. The molecule has 20 heavy (non-hydrogen) atoms. The number of rotatable bonds is 2. The summed E-state index contributed by atoms with van der Waals surface area (Å²) in [5, 5.41) is 9.95. The van der Waals surface area contributed by atoms with Crippen LogP contribution in [-0.2, 0) is 0 Å². The quantitative estimate of drug-likeness (QED) is 0.895. The number of nitrogens with one attached hydrogen (secondary N) is 2. The highest BCUT2D eigenvalue weighted by molar-refractivity contribution is 7.17. The number of fused-ring (bicyclic) bond motifs is 3. The Kier molecular flexibility index (Phi) is 3.71. The topological polar surface area (TPSA) is 41.1 Å². The van der Waals surface area contributed by atoms with Gasteiger partial charge in [0.05, 0.1) is 0 Å². The van der Waals surface area contributed by atoms with E-state index in [9.17, 15) is 4.79 Å². The normalized spacial score (nSPS) is 27.5. The van der Waals surface area contributed by atoms with E-state index in [4.69, 9.17) is 0 Å². The third-order valence-electron chi connectivity index (χ3n) is 4.33. The van der Waals surface area contributed by atoms with Crippen LogP contribution in [0.3, 0.4) is 0 Å². The monoisotopic (exact) mass is 308 g/mol. The number of hydrogen-bond donors (Lipinski definition) is 2. The van der Waals surface area contributed by atoms with Crippen LogP contribution < -0.4 is 10.6 Å². The summed E-state index contributed by atoms with van der Waals surface area (Å²) in [6.45, 7) is 0. The Morgan fingerprint density at radius 1 is 1.30 bits per heavy atom. The fourth-order valence-corrected chi connectivity index (χ4v) is 4.11. The van der Waals surface area contributed by atoms with Crippen LogP contribution in [-0.4, -0.2) is 24.0 Å². The molecule has 0 saturated carbocycles. The molecule has 2 aromatic rings. The molecule has 0 aliphatic carbocycles. The van der Waals surface area contributed by atoms with E-state index >= 15 is 0 Å². The van der Waals surface area contributed by atoms with Gasteiger partial charge in [-0.05, 0) is 54.3 Å². The van der Waals surface area contributed by atoms with E-state index in [0.29, 0.717) is 18.1 Å². The maximum atomic E-state index is 12.3. The summed E-state index contributed by atoms with van der Waals surface area (Å²) in [5.41, 5.74) is 0.772. The van der Waals surface area contributed by atoms with Crippen molar-refractivity contribution in [3.8, 4) is 0 Å². The van der Waals surface area contributed by atoms with Gasteiger partial charge < -0.3 is 10.6 Å². The summed E-state index contributed by atoms with van der Waals surface area (Å²) < 4.78 is 1.23. The lowest BCUT2D eigenvalue weighted by atomic mass is 9.95. The zero-order valence-electron chi connectivity index (χ0n) is 11.0. The standard InChI is InChI=1S/C15H16N2OS.ClH/c18-15(17-13-8-11-2-3-12(13)16-11)10-1-4-14-9(7-10)5-6-19-14;/h1,4-7,11-13,16H,2-3,8H2,(H,17,18);1H/t11-,12+,13-;/m1./s1. The van der Waals surface area contributed by atoms with Gasteiger partial charge in [-0.1, -0.05) is 0 Å². The highest BCUT2D eigenvalue weighted by Gasteiger charge is 2.39. The van der Waals surface area contributed by atoms with Crippen LogP contribution in [0.15, 0.2) is 29.6 Å². The lowest BCUT2D eigenvalue weighted by Crippen LogP contribution is -2.42. The summed E-state index contributed by atoms with van der Waals surface area (Å²) >= 11 is 1.71. The van der Waals surface area contributed by atoms with Gasteiger partial charge in [0, 0.05) is 28.4 Å². The Morgan fingerprint density at radius 3 is 2.95 bits per heavy atom. The maximum Gasteiger partial charge on any atom is 0.251 e. The van der Waals surface area contributed by atoms with Crippen LogP contribution in [0.25, 0.3) is 10.1 Å². The molecular formula is C15H17ClN2OS. The summed E-state index contributed by atoms with van der Waals surface area (Å²) in [4.78, 5) is 12.3. The molecule has 0 radical (unpaired) electrons. The molecular weight excluding hydrogens is 292 g/mol. The molecule has 1 amide bonds. The van der Waals surface area contributed by atoms with E-state index in [2.05, 4.69) is 22.1 Å². The van der Waals surface area contributed by atoms with Crippen molar-refractivity contribution in [1.82, 2.24) is 10.6 Å².